The maximum atomic E-state index is 6.66. The van der Waals surface area contributed by atoms with Crippen molar-refractivity contribution < 1.29 is 4.74 Å². The molecule has 0 unspecified atom stereocenters. The van der Waals surface area contributed by atoms with Crippen LogP contribution in [0, 0.1) is 6.92 Å². The smallest absolute Gasteiger partial charge is 0.145 e. The van der Waals surface area contributed by atoms with Crippen molar-refractivity contribution in [2.75, 3.05) is 13.2 Å². The van der Waals surface area contributed by atoms with Gasteiger partial charge in [0.1, 0.15) is 11.3 Å². The zero-order valence-corrected chi connectivity index (χ0v) is 17.6. The first-order valence-corrected chi connectivity index (χ1v) is 10.5. The topological polar surface area (TPSA) is 63.9 Å². The molecule has 29 heavy (non-hydrogen) atoms. The third kappa shape index (κ3) is 3.59. The van der Waals surface area contributed by atoms with Crippen molar-refractivity contribution in [2.45, 2.75) is 33.1 Å². The number of nitrogens with two attached hydrogens (primary N) is 1. The molecule has 150 valence electrons. The highest BCUT2D eigenvalue weighted by atomic mass is 35.5. The Morgan fingerprint density at radius 2 is 2.00 bits per heavy atom. The molecule has 4 aromatic rings. The Morgan fingerprint density at radius 1 is 1.14 bits per heavy atom. The first-order chi connectivity index (χ1) is 14.2. The molecule has 0 saturated heterocycles. The number of hydrogen-bond donors (Lipinski definition) is 2. The average Bonchev–Trinajstić information content (AvgIpc) is 3.12. The monoisotopic (exact) mass is 407 g/mol. The maximum Gasteiger partial charge on any atom is 0.145 e. The van der Waals surface area contributed by atoms with Crippen molar-refractivity contribution in [3.63, 3.8) is 0 Å². The van der Waals surface area contributed by atoms with Gasteiger partial charge in [0.2, 0.25) is 0 Å². The lowest BCUT2D eigenvalue weighted by atomic mass is 9.97. The number of aromatic nitrogens is 2. The molecule has 0 bridgehead atoms. The van der Waals surface area contributed by atoms with Gasteiger partial charge in [-0.2, -0.15) is 0 Å². The maximum absolute atomic E-state index is 6.66. The molecule has 4 nitrogen and oxygen atoms in total. The number of fused-ring (bicyclic) bond motifs is 2. The van der Waals surface area contributed by atoms with E-state index in [1.54, 1.807) is 0 Å². The van der Waals surface area contributed by atoms with Crippen molar-refractivity contribution in [1.82, 2.24) is 9.97 Å². The van der Waals surface area contributed by atoms with Crippen LogP contribution < -0.4 is 10.5 Å². The largest absolute Gasteiger partial charge is 0.492 e. The van der Waals surface area contributed by atoms with E-state index in [0.717, 1.165) is 63.1 Å². The summed E-state index contributed by atoms with van der Waals surface area (Å²) >= 11 is 6.66. The Hall–Kier alpha value is -2.56. The van der Waals surface area contributed by atoms with Gasteiger partial charge in [0.25, 0.3) is 0 Å². The minimum Gasteiger partial charge on any atom is -0.492 e. The molecule has 0 aliphatic rings. The number of unbranched alkanes of at least 4 members (excludes halogenated alkanes) is 1. The van der Waals surface area contributed by atoms with Crippen molar-refractivity contribution in [1.29, 1.82) is 0 Å². The molecule has 2 aromatic heterocycles. The number of pyridine rings is 1. The van der Waals surface area contributed by atoms with E-state index < -0.39 is 0 Å². The summed E-state index contributed by atoms with van der Waals surface area (Å²) in [4.78, 5) is 8.27. The van der Waals surface area contributed by atoms with Gasteiger partial charge in [-0.25, -0.2) is 0 Å². The predicted molar refractivity (Wildman–Crippen MR) is 122 cm³/mol. The molecule has 0 atom stereocenters. The van der Waals surface area contributed by atoms with Gasteiger partial charge in [-0.05, 0) is 75.0 Å². The van der Waals surface area contributed by atoms with Crippen LogP contribution in [0.2, 0.25) is 5.02 Å². The number of halogens is 1. The van der Waals surface area contributed by atoms with Crippen LogP contribution in [0.25, 0.3) is 33.1 Å². The molecule has 2 aromatic carbocycles. The first-order valence-electron chi connectivity index (χ1n) is 10.2. The minimum absolute atomic E-state index is 0.608. The molecule has 0 radical (unpaired) electrons. The lowest BCUT2D eigenvalue weighted by Crippen LogP contribution is -1.99. The van der Waals surface area contributed by atoms with E-state index in [-0.39, 0.29) is 0 Å². The summed E-state index contributed by atoms with van der Waals surface area (Å²) in [6.45, 7) is 5.40. The summed E-state index contributed by atoms with van der Waals surface area (Å²) in [7, 11) is 0. The van der Waals surface area contributed by atoms with Gasteiger partial charge in [-0.1, -0.05) is 23.7 Å². The van der Waals surface area contributed by atoms with Gasteiger partial charge >= 0.3 is 0 Å². The quantitative estimate of drug-likeness (QED) is 0.368. The third-order valence-corrected chi connectivity index (χ3v) is 5.71. The van der Waals surface area contributed by atoms with Crippen LogP contribution in [0.1, 0.15) is 30.9 Å². The highest BCUT2D eigenvalue weighted by Gasteiger charge is 2.19. The van der Waals surface area contributed by atoms with Crippen LogP contribution >= 0.6 is 11.6 Å². The van der Waals surface area contributed by atoms with E-state index in [9.17, 15) is 0 Å². The summed E-state index contributed by atoms with van der Waals surface area (Å²) in [6.07, 6.45) is 4.74. The number of ether oxygens (including phenoxy) is 1. The zero-order valence-electron chi connectivity index (χ0n) is 16.9. The first kappa shape index (κ1) is 19.7. The van der Waals surface area contributed by atoms with E-state index >= 15 is 0 Å². The van der Waals surface area contributed by atoms with E-state index in [1.807, 2.05) is 31.3 Å². The van der Waals surface area contributed by atoms with Crippen LogP contribution in [0.3, 0.4) is 0 Å². The number of H-pyrrole nitrogens is 1. The molecule has 0 aliphatic carbocycles. The molecule has 0 amide bonds. The van der Waals surface area contributed by atoms with Crippen LogP contribution in [0.5, 0.6) is 5.75 Å². The molecule has 2 heterocycles. The molecule has 4 rings (SSSR count). The van der Waals surface area contributed by atoms with Gasteiger partial charge in [0, 0.05) is 22.5 Å². The molecule has 0 saturated carbocycles. The highest BCUT2D eigenvalue weighted by molar-refractivity contribution is 6.36. The average molecular weight is 408 g/mol. The van der Waals surface area contributed by atoms with Crippen LogP contribution in [-0.4, -0.2) is 23.1 Å². The number of nitrogens with one attached hydrogen (secondary N) is 1. The number of rotatable bonds is 7. The fourth-order valence-corrected chi connectivity index (χ4v) is 4.30. The standard InChI is InChI=1S/C24H26ClN3O/c1-3-29-20-12-10-17(16-8-6-14-27-24(16)20)23-18(7-4-5-13-26)21-19(25)11-9-15(2)22(21)28-23/h6,8-12,14,28H,3-5,7,13,26H2,1-2H3. The van der Waals surface area contributed by atoms with Gasteiger partial charge in [-0.3, -0.25) is 4.98 Å². The Morgan fingerprint density at radius 3 is 2.79 bits per heavy atom. The second-order valence-corrected chi connectivity index (χ2v) is 7.69. The summed E-state index contributed by atoms with van der Waals surface area (Å²) in [5, 5.41) is 2.97. The zero-order chi connectivity index (χ0) is 20.4. The van der Waals surface area contributed by atoms with Crippen LogP contribution in [0.4, 0.5) is 0 Å². The summed E-state index contributed by atoms with van der Waals surface area (Å²) in [6, 6.07) is 12.3. The molecular formula is C24H26ClN3O. The fraction of sp³-hybridized carbons (Fsp3) is 0.292. The van der Waals surface area contributed by atoms with E-state index in [2.05, 4.69) is 35.1 Å². The van der Waals surface area contributed by atoms with Crippen molar-refractivity contribution in [2.24, 2.45) is 5.73 Å². The SMILES string of the molecule is CCOc1ccc(-c2[nH]c3c(C)ccc(Cl)c3c2CCCCN)c2cccnc12. The number of aryl methyl sites for hydroxylation is 2. The summed E-state index contributed by atoms with van der Waals surface area (Å²) in [5.74, 6) is 0.807. The van der Waals surface area contributed by atoms with Crippen LogP contribution in [0.15, 0.2) is 42.6 Å². The number of benzene rings is 2. The molecule has 0 fully saturated rings. The minimum atomic E-state index is 0.608. The fourth-order valence-electron chi connectivity index (χ4n) is 4.03. The van der Waals surface area contributed by atoms with Gasteiger partial charge < -0.3 is 15.5 Å². The Kier molecular flexibility index (Phi) is 5.74. The van der Waals surface area contributed by atoms with Crippen molar-refractivity contribution >= 4 is 33.4 Å². The normalized spacial score (nSPS) is 11.4. The van der Waals surface area contributed by atoms with E-state index in [0.29, 0.717) is 13.2 Å². The number of aromatic amines is 1. The van der Waals surface area contributed by atoms with Gasteiger partial charge in [0.05, 0.1) is 22.8 Å². The van der Waals surface area contributed by atoms with Crippen molar-refractivity contribution in [3.05, 3.63) is 58.7 Å². The van der Waals surface area contributed by atoms with Crippen LogP contribution in [-0.2, 0) is 6.42 Å². The lowest BCUT2D eigenvalue weighted by molar-refractivity contribution is 0.343. The second kappa shape index (κ2) is 8.44. The number of hydrogen-bond acceptors (Lipinski definition) is 3. The molecule has 5 heteroatoms. The van der Waals surface area contributed by atoms with E-state index in [1.165, 1.54) is 11.1 Å². The Balaban J connectivity index is 1.99. The molecular weight excluding hydrogens is 382 g/mol. The third-order valence-electron chi connectivity index (χ3n) is 5.40. The summed E-state index contributed by atoms with van der Waals surface area (Å²) < 4.78 is 5.81. The Bertz CT molecular complexity index is 1170. The molecule has 0 aliphatic heterocycles. The number of nitrogens with zero attached hydrogens (tertiary/aromatic N) is 1. The summed E-state index contributed by atoms with van der Waals surface area (Å²) in [5.41, 5.74) is 12.4. The highest BCUT2D eigenvalue weighted by Crippen LogP contribution is 2.40. The Labute approximate surface area is 176 Å². The predicted octanol–water partition coefficient (Wildman–Crippen LogP) is 6.03. The molecule has 3 N–H and O–H groups in total. The van der Waals surface area contributed by atoms with Gasteiger partial charge in [-0.15, -0.1) is 0 Å². The van der Waals surface area contributed by atoms with Gasteiger partial charge in [0.15, 0.2) is 0 Å². The second-order valence-electron chi connectivity index (χ2n) is 7.28. The van der Waals surface area contributed by atoms with Crippen molar-refractivity contribution in [3.8, 4) is 17.0 Å². The molecule has 0 spiro atoms. The van der Waals surface area contributed by atoms with E-state index in [4.69, 9.17) is 22.1 Å². The lowest BCUT2D eigenvalue weighted by Gasteiger charge is -2.12.